The number of fused-ring (bicyclic) bond motifs is 2. The predicted molar refractivity (Wildman–Crippen MR) is 276 cm³/mol. The molecule has 4 heterocycles. The number of ether oxygens (including phenoxy) is 4. The molecule has 0 bridgehead atoms. The maximum Gasteiger partial charge on any atom is 0.349 e. The number of nitrogens with zero attached hydrogens (tertiary/aromatic N) is 4. The topological polar surface area (TPSA) is 104 Å². The summed E-state index contributed by atoms with van der Waals surface area (Å²) < 4.78 is 26.6. The van der Waals surface area contributed by atoms with Gasteiger partial charge in [0.1, 0.15) is 29.4 Å². The van der Waals surface area contributed by atoms with E-state index in [0.717, 1.165) is 82.7 Å². The van der Waals surface area contributed by atoms with E-state index in [-0.39, 0.29) is 18.0 Å². The normalized spacial score (nSPS) is 17.5. The van der Waals surface area contributed by atoms with Crippen LogP contribution in [0.5, 0.6) is 17.2 Å². The summed E-state index contributed by atoms with van der Waals surface area (Å²) in [5.74, 6) is 3.77. The molecule has 0 atom stereocenters. The number of piperidine rings is 2. The maximum atomic E-state index is 12.0. The van der Waals surface area contributed by atoms with E-state index in [1.54, 1.807) is 42.8 Å². The molecule has 6 aromatic rings. The summed E-state index contributed by atoms with van der Waals surface area (Å²) in [4.78, 5) is 39.0. The van der Waals surface area contributed by atoms with Crippen molar-refractivity contribution < 1.29 is 33.3 Å². The minimum atomic E-state index is -0.691. The van der Waals surface area contributed by atoms with Gasteiger partial charge in [0.2, 0.25) is 0 Å². The summed E-state index contributed by atoms with van der Waals surface area (Å²) in [5, 5.41) is 2.88. The fourth-order valence-corrected chi connectivity index (χ4v) is 11.1. The molecule has 2 aliphatic heterocycles. The molecule has 370 valence electrons. The standard InChI is InChI=1S/C30H36N2O4.C29H36N2O3/c33-22-36-30(34)26-11-5-7-13-29(26)35-19-18-31-16-14-24(15-17-31)27-21-32(20-23-8-2-1-3-9-23)28-12-6-4-10-25(27)28;1-2-29(32)34-25-8-5-7-24(19-25)33-18-6-15-30-16-13-23(14-17-30)27-21-31(20-22-11-12-22)28-10-4-3-9-26(27)28/h4-7,10-13,21-24H,1-3,8-9,14-20H2;3-5,7-10,19,21-23H,2,6,11-18,20H2,1H3. The fourth-order valence-electron chi connectivity index (χ4n) is 11.1. The van der Waals surface area contributed by atoms with Crippen molar-refractivity contribution in [1.82, 2.24) is 18.9 Å². The van der Waals surface area contributed by atoms with Gasteiger partial charge in [0.05, 0.1) is 6.61 Å². The Balaban J connectivity index is 0.000000174. The van der Waals surface area contributed by atoms with Gasteiger partial charge in [-0.15, -0.1) is 0 Å². The Morgan fingerprint density at radius 2 is 1.17 bits per heavy atom. The Morgan fingerprint density at radius 3 is 1.79 bits per heavy atom. The third-order valence-electron chi connectivity index (χ3n) is 15.2. The van der Waals surface area contributed by atoms with Crippen molar-refractivity contribution in [2.24, 2.45) is 11.8 Å². The number of hydrogen-bond acceptors (Lipinski definition) is 9. The zero-order valence-electron chi connectivity index (χ0n) is 41.2. The van der Waals surface area contributed by atoms with Crippen LogP contribution >= 0.6 is 0 Å². The lowest BCUT2D eigenvalue weighted by Gasteiger charge is -2.32. The molecule has 0 N–H and O–H groups in total. The smallest absolute Gasteiger partial charge is 0.349 e. The first-order chi connectivity index (χ1) is 34.4. The first-order valence-electron chi connectivity index (χ1n) is 26.3. The van der Waals surface area contributed by atoms with Crippen molar-refractivity contribution in [3.05, 3.63) is 126 Å². The number of carbonyl (C=O) groups excluding carboxylic acids is 3. The van der Waals surface area contributed by atoms with Crippen LogP contribution in [-0.2, 0) is 27.4 Å². The molecule has 2 aliphatic carbocycles. The highest BCUT2D eigenvalue weighted by Gasteiger charge is 2.28. The molecule has 0 unspecified atom stereocenters. The molecule has 11 nitrogen and oxygen atoms in total. The van der Waals surface area contributed by atoms with Gasteiger partial charge in [-0.25, -0.2) is 4.79 Å². The highest BCUT2D eigenvalue weighted by molar-refractivity contribution is 5.95. The second-order valence-corrected chi connectivity index (χ2v) is 20.0. The fraction of sp³-hybridized carbons (Fsp3) is 0.475. The Hall–Kier alpha value is -5.91. The van der Waals surface area contributed by atoms with Gasteiger partial charge in [0.15, 0.2) is 0 Å². The molecule has 70 heavy (non-hydrogen) atoms. The third-order valence-corrected chi connectivity index (χ3v) is 15.2. The van der Waals surface area contributed by atoms with Crippen molar-refractivity contribution in [3.8, 4) is 17.2 Å². The van der Waals surface area contributed by atoms with E-state index in [0.29, 0.717) is 43.0 Å². The summed E-state index contributed by atoms with van der Waals surface area (Å²) in [6.07, 6.45) is 20.7. The van der Waals surface area contributed by atoms with Crippen LogP contribution in [0.1, 0.15) is 124 Å². The van der Waals surface area contributed by atoms with Crippen LogP contribution in [0.4, 0.5) is 0 Å². The molecular formula is C59H72N4O7. The summed E-state index contributed by atoms with van der Waals surface area (Å²) in [5.41, 5.74) is 6.15. The van der Waals surface area contributed by atoms with E-state index in [4.69, 9.17) is 14.2 Å². The highest BCUT2D eigenvalue weighted by atomic mass is 16.6. The van der Waals surface area contributed by atoms with Crippen LogP contribution in [0.15, 0.2) is 109 Å². The monoisotopic (exact) mass is 949 g/mol. The molecule has 4 aliphatic rings. The number of benzene rings is 4. The second-order valence-electron chi connectivity index (χ2n) is 20.0. The van der Waals surface area contributed by atoms with Crippen molar-refractivity contribution in [2.75, 3.05) is 52.5 Å². The highest BCUT2D eigenvalue weighted by Crippen LogP contribution is 2.39. The lowest BCUT2D eigenvalue weighted by atomic mass is 9.89. The number of likely N-dealkylation sites (tertiary alicyclic amines) is 2. The molecule has 2 aromatic heterocycles. The van der Waals surface area contributed by atoms with Crippen molar-refractivity contribution >= 4 is 40.2 Å². The van der Waals surface area contributed by atoms with Crippen LogP contribution in [0.2, 0.25) is 0 Å². The Bertz CT molecular complexity index is 2650. The Labute approximate surface area is 414 Å². The van der Waals surface area contributed by atoms with Gasteiger partial charge in [-0.3, -0.25) is 14.5 Å². The number of esters is 2. The number of rotatable bonds is 19. The second kappa shape index (κ2) is 24.3. The van der Waals surface area contributed by atoms with Gasteiger partial charge in [0.25, 0.3) is 0 Å². The number of aromatic nitrogens is 2. The molecule has 4 aromatic carbocycles. The molecule has 0 amide bonds. The average Bonchev–Trinajstić information content (AvgIpc) is 4.05. The Kier molecular flexibility index (Phi) is 17.0. The van der Waals surface area contributed by atoms with Crippen LogP contribution in [0.25, 0.3) is 21.8 Å². The zero-order chi connectivity index (χ0) is 48.1. The summed E-state index contributed by atoms with van der Waals surface area (Å²) >= 11 is 0. The molecular weight excluding hydrogens is 877 g/mol. The minimum absolute atomic E-state index is 0.149. The molecule has 0 radical (unpaired) electrons. The number of para-hydroxylation sites is 3. The van der Waals surface area contributed by atoms with Crippen LogP contribution in [-0.4, -0.2) is 89.8 Å². The SMILES string of the molecule is CCC(=O)Oc1cccc(OCCCN2CCC(c3cn(CC4CC4)c4ccccc34)CC2)c1.O=COC(=O)c1ccccc1OCCN1CCC(c2cn(CC3CCCCC3)c3ccccc23)CC1. The van der Waals surface area contributed by atoms with Crippen molar-refractivity contribution in [2.45, 2.75) is 115 Å². The minimum Gasteiger partial charge on any atom is -0.493 e. The van der Waals surface area contributed by atoms with Crippen LogP contribution < -0.4 is 14.2 Å². The third kappa shape index (κ3) is 12.9. The quantitative estimate of drug-likeness (QED) is 0.0258. The van der Waals surface area contributed by atoms with Gasteiger partial charge in [-0.1, -0.05) is 80.8 Å². The van der Waals surface area contributed by atoms with Crippen molar-refractivity contribution in [1.29, 1.82) is 0 Å². The molecule has 11 heteroatoms. The van der Waals surface area contributed by atoms with Gasteiger partial charge in [-0.2, -0.15) is 0 Å². The summed E-state index contributed by atoms with van der Waals surface area (Å²) in [7, 11) is 0. The lowest BCUT2D eigenvalue weighted by molar-refractivity contribution is -0.134. The molecule has 2 saturated carbocycles. The van der Waals surface area contributed by atoms with E-state index < -0.39 is 5.97 Å². The molecule has 10 rings (SSSR count). The van der Waals surface area contributed by atoms with E-state index in [2.05, 4.69) is 84.6 Å². The van der Waals surface area contributed by atoms with E-state index in [1.807, 2.05) is 18.2 Å². The molecule has 4 fully saturated rings. The first kappa shape index (κ1) is 49.1. The van der Waals surface area contributed by atoms with Crippen LogP contribution in [0.3, 0.4) is 0 Å². The lowest BCUT2D eigenvalue weighted by Crippen LogP contribution is -2.35. The van der Waals surface area contributed by atoms with E-state index in [9.17, 15) is 14.4 Å². The maximum absolute atomic E-state index is 12.0. The van der Waals surface area contributed by atoms with E-state index in [1.165, 1.54) is 91.7 Å². The number of hydrogen-bond donors (Lipinski definition) is 0. The summed E-state index contributed by atoms with van der Waals surface area (Å²) in [6.45, 7) is 11.6. The van der Waals surface area contributed by atoms with Crippen molar-refractivity contribution in [3.63, 3.8) is 0 Å². The van der Waals surface area contributed by atoms with E-state index >= 15 is 0 Å². The molecule has 2 saturated heterocycles. The van der Waals surface area contributed by atoms with Gasteiger partial charge in [-0.05, 0) is 155 Å². The molecule has 0 spiro atoms. The summed E-state index contributed by atoms with van der Waals surface area (Å²) in [6, 6.07) is 32.1. The van der Waals surface area contributed by atoms with Crippen LogP contribution in [0, 0.1) is 11.8 Å². The zero-order valence-corrected chi connectivity index (χ0v) is 41.2. The Morgan fingerprint density at radius 1 is 0.600 bits per heavy atom. The first-order valence-corrected chi connectivity index (χ1v) is 26.3. The number of carbonyl (C=O) groups is 3. The van der Waals surface area contributed by atoms with Gasteiger partial charge >= 0.3 is 18.4 Å². The van der Waals surface area contributed by atoms with Gasteiger partial charge < -0.3 is 33.0 Å². The van der Waals surface area contributed by atoms with Gasteiger partial charge in [0, 0.05) is 72.9 Å². The average molecular weight is 949 g/mol. The predicted octanol–water partition coefficient (Wildman–Crippen LogP) is 11.8. The largest absolute Gasteiger partial charge is 0.493 e.